The van der Waals surface area contributed by atoms with Crippen molar-refractivity contribution in [3.05, 3.63) is 34.7 Å². The van der Waals surface area contributed by atoms with Crippen molar-refractivity contribution in [1.29, 1.82) is 0 Å². The number of nitrogens with one attached hydrogen (secondary N) is 1. The highest BCUT2D eigenvalue weighted by Gasteiger charge is 2.20. The summed E-state index contributed by atoms with van der Waals surface area (Å²) in [5.41, 5.74) is 2.16. The first-order valence-electron chi connectivity index (χ1n) is 6.15. The molecule has 1 aromatic carbocycles. The standard InChI is InChI=1S/C13H17N3O.ClH/c1-15-11-6-2-3-7-12(11)16(13(15)17)10-5-4-8-14-9-10;/h2-3,6-7,10,14H,4-5,8-9H2,1H3;1H/t10-;/m0./s1. The molecule has 1 N–H and O–H groups in total. The normalized spacial score (nSPS) is 19.7. The molecule has 0 bridgehead atoms. The molecule has 0 unspecified atom stereocenters. The van der Waals surface area contributed by atoms with Crippen molar-refractivity contribution < 1.29 is 0 Å². The molecule has 0 radical (unpaired) electrons. The zero-order valence-electron chi connectivity index (χ0n) is 10.4. The van der Waals surface area contributed by atoms with Crippen molar-refractivity contribution in [2.75, 3.05) is 13.1 Å². The van der Waals surface area contributed by atoms with Gasteiger partial charge in [-0.05, 0) is 31.5 Å². The van der Waals surface area contributed by atoms with Crippen molar-refractivity contribution in [1.82, 2.24) is 14.5 Å². The number of fused-ring (bicyclic) bond motifs is 1. The Morgan fingerprint density at radius 1 is 1.28 bits per heavy atom. The van der Waals surface area contributed by atoms with Crippen LogP contribution in [-0.2, 0) is 7.05 Å². The molecule has 0 saturated carbocycles. The number of benzene rings is 1. The number of para-hydroxylation sites is 2. The van der Waals surface area contributed by atoms with Gasteiger partial charge in [0, 0.05) is 13.6 Å². The number of hydrogen-bond donors (Lipinski definition) is 1. The summed E-state index contributed by atoms with van der Waals surface area (Å²) in [7, 11) is 1.84. The molecule has 1 fully saturated rings. The van der Waals surface area contributed by atoms with Crippen molar-refractivity contribution in [2.24, 2.45) is 7.05 Å². The van der Waals surface area contributed by atoms with Crippen molar-refractivity contribution in [2.45, 2.75) is 18.9 Å². The minimum Gasteiger partial charge on any atom is -0.315 e. The first-order valence-corrected chi connectivity index (χ1v) is 6.15. The number of imidazole rings is 1. The second-order valence-corrected chi connectivity index (χ2v) is 4.70. The van der Waals surface area contributed by atoms with E-state index in [9.17, 15) is 4.79 Å². The molecule has 1 saturated heterocycles. The van der Waals surface area contributed by atoms with Gasteiger partial charge in [-0.1, -0.05) is 12.1 Å². The lowest BCUT2D eigenvalue weighted by atomic mass is 10.1. The summed E-state index contributed by atoms with van der Waals surface area (Å²) in [6, 6.07) is 8.30. The summed E-state index contributed by atoms with van der Waals surface area (Å²) >= 11 is 0. The van der Waals surface area contributed by atoms with Crippen LogP contribution in [-0.4, -0.2) is 22.2 Å². The number of nitrogens with zero attached hydrogens (tertiary/aromatic N) is 2. The maximum atomic E-state index is 12.3. The third kappa shape index (κ3) is 1.95. The Bertz CT molecular complexity index is 596. The van der Waals surface area contributed by atoms with E-state index in [0.717, 1.165) is 37.0 Å². The van der Waals surface area contributed by atoms with E-state index in [2.05, 4.69) is 5.32 Å². The van der Waals surface area contributed by atoms with Gasteiger partial charge in [0.25, 0.3) is 0 Å². The predicted molar refractivity (Wildman–Crippen MR) is 75.6 cm³/mol. The highest BCUT2D eigenvalue weighted by atomic mass is 35.5. The molecule has 1 aliphatic rings. The molecular formula is C13H18ClN3O. The second-order valence-electron chi connectivity index (χ2n) is 4.70. The van der Waals surface area contributed by atoms with Crippen LogP contribution in [0.4, 0.5) is 0 Å². The average Bonchev–Trinajstić information content (AvgIpc) is 2.64. The van der Waals surface area contributed by atoms with E-state index >= 15 is 0 Å². The number of halogens is 1. The minimum atomic E-state index is 0. The monoisotopic (exact) mass is 267 g/mol. The molecule has 1 aliphatic heterocycles. The lowest BCUT2D eigenvalue weighted by Crippen LogP contribution is -2.36. The van der Waals surface area contributed by atoms with Crippen LogP contribution in [0.25, 0.3) is 11.0 Å². The van der Waals surface area contributed by atoms with Gasteiger partial charge in [0.1, 0.15) is 0 Å². The third-order valence-corrected chi connectivity index (χ3v) is 3.63. The Hall–Kier alpha value is -1.26. The largest absolute Gasteiger partial charge is 0.329 e. The van der Waals surface area contributed by atoms with Gasteiger partial charge in [-0.3, -0.25) is 9.13 Å². The van der Waals surface area contributed by atoms with Crippen LogP contribution >= 0.6 is 12.4 Å². The van der Waals surface area contributed by atoms with Crippen molar-refractivity contribution in [3.8, 4) is 0 Å². The van der Waals surface area contributed by atoms with Crippen LogP contribution in [0.1, 0.15) is 18.9 Å². The van der Waals surface area contributed by atoms with Crippen LogP contribution < -0.4 is 11.0 Å². The fourth-order valence-corrected chi connectivity index (χ4v) is 2.73. The quantitative estimate of drug-likeness (QED) is 0.854. The zero-order valence-corrected chi connectivity index (χ0v) is 11.2. The third-order valence-electron chi connectivity index (χ3n) is 3.63. The first kappa shape index (κ1) is 13.2. The minimum absolute atomic E-state index is 0. The SMILES string of the molecule is Cl.Cn1c(=O)n([C@H]2CCCNC2)c2ccccc21. The van der Waals surface area contributed by atoms with Gasteiger partial charge in [0.15, 0.2) is 0 Å². The Balaban J connectivity index is 0.00000120. The molecule has 4 nitrogen and oxygen atoms in total. The van der Waals surface area contributed by atoms with Crippen LogP contribution in [0.15, 0.2) is 29.1 Å². The molecule has 3 rings (SSSR count). The smallest absolute Gasteiger partial charge is 0.315 e. The molecule has 18 heavy (non-hydrogen) atoms. The van der Waals surface area contributed by atoms with Gasteiger partial charge >= 0.3 is 5.69 Å². The van der Waals surface area contributed by atoms with Gasteiger partial charge in [-0.2, -0.15) is 0 Å². The second kappa shape index (κ2) is 5.16. The maximum Gasteiger partial charge on any atom is 0.329 e. The highest BCUT2D eigenvalue weighted by Crippen LogP contribution is 2.21. The fraction of sp³-hybridized carbons (Fsp3) is 0.462. The number of hydrogen-bond acceptors (Lipinski definition) is 2. The highest BCUT2D eigenvalue weighted by molar-refractivity contribution is 5.85. The molecule has 0 amide bonds. The summed E-state index contributed by atoms with van der Waals surface area (Å²) < 4.78 is 3.69. The molecule has 98 valence electrons. The van der Waals surface area contributed by atoms with Crippen LogP contribution in [0.2, 0.25) is 0 Å². The number of piperidine rings is 1. The Morgan fingerprint density at radius 3 is 2.67 bits per heavy atom. The lowest BCUT2D eigenvalue weighted by molar-refractivity contribution is 0.369. The zero-order chi connectivity index (χ0) is 11.8. The Labute approximate surface area is 112 Å². The molecular weight excluding hydrogens is 250 g/mol. The van der Waals surface area contributed by atoms with E-state index in [0.29, 0.717) is 6.04 Å². The molecule has 1 aromatic heterocycles. The van der Waals surface area contributed by atoms with E-state index in [-0.39, 0.29) is 18.1 Å². The topological polar surface area (TPSA) is 39.0 Å². The summed E-state index contributed by atoms with van der Waals surface area (Å²) in [6.07, 6.45) is 2.22. The van der Waals surface area contributed by atoms with Crippen molar-refractivity contribution >= 4 is 23.4 Å². The summed E-state index contributed by atoms with van der Waals surface area (Å²) in [5.74, 6) is 0. The molecule has 0 aliphatic carbocycles. The van der Waals surface area contributed by atoms with E-state index < -0.39 is 0 Å². The van der Waals surface area contributed by atoms with Gasteiger partial charge < -0.3 is 5.32 Å². The van der Waals surface area contributed by atoms with E-state index in [1.54, 1.807) is 4.57 Å². The number of aryl methyl sites for hydroxylation is 1. The van der Waals surface area contributed by atoms with E-state index in [1.807, 2.05) is 35.9 Å². The molecule has 2 aromatic rings. The predicted octanol–water partition coefficient (Wildman–Crippen LogP) is 1.69. The van der Waals surface area contributed by atoms with E-state index in [4.69, 9.17) is 0 Å². The van der Waals surface area contributed by atoms with Gasteiger partial charge in [-0.25, -0.2) is 4.79 Å². The van der Waals surface area contributed by atoms with Gasteiger partial charge in [-0.15, -0.1) is 12.4 Å². The number of rotatable bonds is 1. The Morgan fingerprint density at radius 2 is 2.00 bits per heavy atom. The first-order chi connectivity index (χ1) is 8.29. The maximum absolute atomic E-state index is 12.3. The van der Waals surface area contributed by atoms with Gasteiger partial charge in [0.2, 0.25) is 0 Å². The summed E-state index contributed by atoms with van der Waals surface area (Å²) in [5, 5.41) is 3.37. The molecule has 2 heterocycles. The number of aromatic nitrogens is 2. The molecule has 5 heteroatoms. The summed E-state index contributed by atoms with van der Waals surface area (Å²) in [6.45, 7) is 1.96. The van der Waals surface area contributed by atoms with E-state index in [1.165, 1.54) is 0 Å². The van der Waals surface area contributed by atoms with Crippen molar-refractivity contribution in [3.63, 3.8) is 0 Å². The van der Waals surface area contributed by atoms with Crippen LogP contribution in [0.3, 0.4) is 0 Å². The fourth-order valence-electron chi connectivity index (χ4n) is 2.73. The molecule has 0 spiro atoms. The van der Waals surface area contributed by atoms with Crippen LogP contribution in [0.5, 0.6) is 0 Å². The Kier molecular flexibility index (Phi) is 3.78. The van der Waals surface area contributed by atoms with Gasteiger partial charge in [0.05, 0.1) is 17.1 Å². The summed E-state index contributed by atoms with van der Waals surface area (Å²) in [4.78, 5) is 12.3. The lowest BCUT2D eigenvalue weighted by Gasteiger charge is -2.23. The average molecular weight is 268 g/mol. The molecule has 1 atom stereocenters. The van der Waals surface area contributed by atoms with Crippen LogP contribution in [0, 0.1) is 0 Å².